The number of aliphatic hydroxyl groups excluding tert-OH is 1. The Kier molecular flexibility index (Phi) is 4.28. The van der Waals surface area contributed by atoms with Gasteiger partial charge in [-0.05, 0) is 39.2 Å². The molecule has 20 heavy (non-hydrogen) atoms. The van der Waals surface area contributed by atoms with Crippen LogP contribution in [0.3, 0.4) is 0 Å². The summed E-state index contributed by atoms with van der Waals surface area (Å²) in [5.74, 6) is -0.157. The topological polar surface area (TPSA) is 62.5 Å². The molecule has 1 fully saturated rings. The zero-order chi connectivity index (χ0) is 14.9. The number of hydrogen-bond donors (Lipinski definition) is 1. The Morgan fingerprint density at radius 2 is 2.10 bits per heavy atom. The summed E-state index contributed by atoms with van der Waals surface area (Å²) in [4.78, 5) is 25.8. The Morgan fingerprint density at radius 3 is 2.65 bits per heavy atom. The maximum absolute atomic E-state index is 12.7. The Hall–Kier alpha value is -1.62. The van der Waals surface area contributed by atoms with Gasteiger partial charge in [0.15, 0.2) is 5.78 Å². The van der Waals surface area contributed by atoms with Gasteiger partial charge in [-0.25, -0.2) is 0 Å². The number of carbonyl (C=O) groups excluding carboxylic acids is 2. The van der Waals surface area contributed by atoms with E-state index in [1.165, 1.54) is 6.92 Å². The average molecular weight is 278 g/mol. The Balaban J connectivity index is 2.27. The monoisotopic (exact) mass is 278 g/mol. The minimum absolute atomic E-state index is 0.0506. The molecule has 1 aliphatic rings. The first-order valence-corrected chi connectivity index (χ1v) is 7.08. The molecule has 1 N–H and O–H groups in total. The number of likely N-dealkylation sites (tertiary alicyclic amines) is 1. The standard InChI is InChI=1S/C15H22N2O3/c1-10(18)12-8-14(16(3)9-12)15(20)17-7-5-4-6-13(17)11(2)19/h8-9,11,13,19H,4-7H2,1-3H3. The molecule has 1 amide bonds. The van der Waals surface area contributed by atoms with E-state index in [0.29, 0.717) is 17.8 Å². The van der Waals surface area contributed by atoms with Crippen LogP contribution >= 0.6 is 0 Å². The van der Waals surface area contributed by atoms with Gasteiger partial charge in [0.05, 0.1) is 12.1 Å². The lowest BCUT2D eigenvalue weighted by atomic mass is 9.97. The number of rotatable bonds is 3. The van der Waals surface area contributed by atoms with Gasteiger partial charge in [0.1, 0.15) is 5.69 Å². The summed E-state index contributed by atoms with van der Waals surface area (Å²) in [6.07, 6.45) is 3.96. The third-order valence-corrected chi connectivity index (χ3v) is 4.00. The lowest BCUT2D eigenvalue weighted by molar-refractivity contribution is 0.0274. The maximum atomic E-state index is 12.7. The highest BCUT2D eigenvalue weighted by Gasteiger charge is 2.31. The summed E-state index contributed by atoms with van der Waals surface area (Å²) >= 11 is 0. The fourth-order valence-electron chi connectivity index (χ4n) is 2.83. The van der Waals surface area contributed by atoms with Crippen LogP contribution in [0.4, 0.5) is 0 Å². The molecule has 0 radical (unpaired) electrons. The number of aliphatic hydroxyl groups is 1. The maximum Gasteiger partial charge on any atom is 0.270 e. The molecule has 1 aromatic heterocycles. The van der Waals surface area contributed by atoms with E-state index in [1.807, 2.05) is 0 Å². The highest BCUT2D eigenvalue weighted by Crippen LogP contribution is 2.22. The summed E-state index contributed by atoms with van der Waals surface area (Å²) < 4.78 is 1.69. The highest BCUT2D eigenvalue weighted by molar-refractivity contribution is 5.99. The number of hydrogen-bond acceptors (Lipinski definition) is 3. The molecule has 0 spiro atoms. The van der Waals surface area contributed by atoms with Crippen molar-refractivity contribution in [3.8, 4) is 0 Å². The lowest BCUT2D eigenvalue weighted by Crippen LogP contribution is -2.49. The molecule has 2 atom stereocenters. The smallest absolute Gasteiger partial charge is 0.270 e. The Bertz CT molecular complexity index is 519. The molecule has 2 unspecified atom stereocenters. The van der Waals surface area contributed by atoms with Crippen LogP contribution in [-0.4, -0.2) is 45.0 Å². The first kappa shape index (κ1) is 14.8. The number of ketones is 1. The Labute approximate surface area is 119 Å². The molecule has 5 nitrogen and oxygen atoms in total. The molecular weight excluding hydrogens is 256 g/mol. The van der Waals surface area contributed by atoms with Gasteiger partial charge in [-0.3, -0.25) is 9.59 Å². The van der Waals surface area contributed by atoms with Gasteiger partial charge >= 0.3 is 0 Å². The molecule has 0 saturated carbocycles. The first-order valence-electron chi connectivity index (χ1n) is 7.08. The van der Waals surface area contributed by atoms with Gasteiger partial charge in [0, 0.05) is 25.4 Å². The second kappa shape index (κ2) is 5.79. The largest absolute Gasteiger partial charge is 0.391 e. The molecule has 1 aliphatic heterocycles. The molecule has 110 valence electrons. The summed E-state index contributed by atoms with van der Waals surface area (Å²) in [6.45, 7) is 3.88. The van der Waals surface area contributed by atoms with Crippen molar-refractivity contribution in [2.75, 3.05) is 6.54 Å². The van der Waals surface area contributed by atoms with Gasteiger partial charge in [0.25, 0.3) is 5.91 Å². The Morgan fingerprint density at radius 1 is 1.40 bits per heavy atom. The summed E-state index contributed by atoms with van der Waals surface area (Å²) in [7, 11) is 1.76. The predicted molar refractivity (Wildman–Crippen MR) is 75.8 cm³/mol. The van der Waals surface area contributed by atoms with Crippen LogP contribution < -0.4 is 0 Å². The zero-order valence-electron chi connectivity index (χ0n) is 12.3. The van der Waals surface area contributed by atoms with E-state index in [9.17, 15) is 14.7 Å². The normalized spacial score (nSPS) is 20.8. The van der Waals surface area contributed by atoms with Gasteiger partial charge in [-0.1, -0.05) is 0 Å². The molecule has 0 aromatic carbocycles. The fourth-order valence-corrected chi connectivity index (χ4v) is 2.83. The average Bonchev–Trinajstić information content (AvgIpc) is 2.80. The van der Waals surface area contributed by atoms with E-state index < -0.39 is 6.10 Å². The van der Waals surface area contributed by atoms with Crippen LogP contribution in [0.25, 0.3) is 0 Å². The number of aromatic nitrogens is 1. The number of amides is 1. The van der Waals surface area contributed by atoms with Crippen LogP contribution in [0.2, 0.25) is 0 Å². The molecule has 0 bridgehead atoms. The van der Waals surface area contributed by atoms with Gasteiger partial charge < -0.3 is 14.6 Å². The van der Waals surface area contributed by atoms with Crippen molar-refractivity contribution in [2.45, 2.75) is 45.3 Å². The van der Waals surface area contributed by atoms with Crippen LogP contribution in [0.5, 0.6) is 0 Å². The number of nitrogens with zero attached hydrogens (tertiary/aromatic N) is 2. The summed E-state index contributed by atoms with van der Waals surface area (Å²) in [5, 5.41) is 9.85. The van der Waals surface area contributed by atoms with Gasteiger partial charge in [-0.2, -0.15) is 0 Å². The second-order valence-electron chi connectivity index (χ2n) is 5.58. The van der Waals surface area contributed by atoms with E-state index in [4.69, 9.17) is 0 Å². The molecule has 2 heterocycles. The fraction of sp³-hybridized carbons (Fsp3) is 0.600. The van der Waals surface area contributed by atoms with Crippen molar-refractivity contribution < 1.29 is 14.7 Å². The van der Waals surface area contributed by atoms with E-state index in [0.717, 1.165) is 19.3 Å². The van der Waals surface area contributed by atoms with Crippen molar-refractivity contribution in [3.63, 3.8) is 0 Å². The van der Waals surface area contributed by atoms with Crippen molar-refractivity contribution in [3.05, 3.63) is 23.5 Å². The van der Waals surface area contributed by atoms with Crippen molar-refractivity contribution in [1.29, 1.82) is 0 Å². The number of Topliss-reactive ketones (excluding diaryl/α,β-unsaturated/α-hetero) is 1. The molecule has 5 heteroatoms. The van der Waals surface area contributed by atoms with E-state index in [1.54, 1.807) is 35.7 Å². The lowest BCUT2D eigenvalue weighted by Gasteiger charge is -2.37. The van der Waals surface area contributed by atoms with Crippen molar-refractivity contribution in [1.82, 2.24) is 9.47 Å². The minimum Gasteiger partial charge on any atom is -0.391 e. The van der Waals surface area contributed by atoms with Crippen molar-refractivity contribution in [2.24, 2.45) is 7.05 Å². The van der Waals surface area contributed by atoms with Crippen LogP contribution in [-0.2, 0) is 7.05 Å². The summed E-state index contributed by atoms with van der Waals surface area (Å²) in [5.41, 5.74) is 1.05. The predicted octanol–water partition coefficient (Wildman–Crippen LogP) is 1.60. The first-order chi connectivity index (χ1) is 9.41. The quantitative estimate of drug-likeness (QED) is 0.854. The van der Waals surface area contributed by atoms with Crippen molar-refractivity contribution >= 4 is 11.7 Å². The van der Waals surface area contributed by atoms with Gasteiger partial charge in [-0.15, -0.1) is 0 Å². The molecular formula is C15H22N2O3. The molecule has 1 saturated heterocycles. The molecule has 2 rings (SSSR count). The highest BCUT2D eigenvalue weighted by atomic mass is 16.3. The second-order valence-corrected chi connectivity index (χ2v) is 5.58. The van der Waals surface area contributed by atoms with E-state index >= 15 is 0 Å². The van der Waals surface area contributed by atoms with Crippen LogP contribution in [0.15, 0.2) is 12.3 Å². The van der Waals surface area contributed by atoms with E-state index in [2.05, 4.69) is 0 Å². The van der Waals surface area contributed by atoms with Gasteiger partial charge in [0.2, 0.25) is 0 Å². The van der Waals surface area contributed by atoms with E-state index in [-0.39, 0.29) is 17.7 Å². The number of piperidine rings is 1. The number of carbonyl (C=O) groups is 2. The summed E-state index contributed by atoms with van der Waals surface area (Å²) in [6, 6.07) is 1.50. The van der Waals surface area contributed by atoms with Crippen LogP contribution in [0, 0.1) is 0 Å². The SMILES string of the molecule is CC(=O)c1cc(C(=O)N2CCCCC2C(C)O)n(C)c1. The number of aryl methyl sites for hydroxylation is 1. The minimum atomic E-state index is -0.535. The third kappa shape index (κ3) is 2.77. The van der Waals surface area contributed by atoms with Crippen LogP contribution in [0.1, 0.15) is 54.0 Å². The molecule has 1 aromatic rings. The zero-order valence-corrected chi connectivity index (χ0v) is 12.3. The third-order valence-electron chi connectivity index (χ3n) is 4.00. The molecule has 0 aliphatic carbocycles.